The van der Waals surface area contributed by atoms with Crippen molar-refractivity contribution in [1.82, 2.24) is 9.97 Å². The van der Waals surface area contributed by atoms with E-state index in [9.17, 15) is 13.2 Å². The summed E-state index contributed by atoms with van der Waals surface area (Å²) in [5.41, 5.74) is 6.13. The average molecular weight is 390 g/mol. The summed E-state index contributed by atoms with van der Waals surface area (Å²) in [4.78, 5) is 8.78. The maximum Gasteiger partial charge on any atom is 0.416 e. The Kier molecular flexibility index (Phi) is 5.69. The summed E-state index contributed by atoms with van der Waals surface area (Å²) in [7, 11) is 1.49. The lowest BCUT2D eigenvalue weighted by molar-refractivity contribution is -0.138. The molecule has 3 aromatic rings. The number of pyridine rings is 2. The normalized spacial score (nSPS) is 11.6. The molecule has 0 spiro atoms. The number of hydrogen-bond acceptors (Lipinski definition) is 5. The highest BCUT2D eigenvalue weighted by Gasteiger charge is 2.32. The SMILES string of the molecule is COc1nccc2cc(CCCN)nc(Nc3ccc(C)c(C(F)(F)F)c3)c12. The largest absolute Gasteiger partial charge is 0.480 e. The van der Waals surface area contributed by atoms with E-state index in [1.807, 2.05) is 12.1 Å². The number of nitrogens with one attached hydrogen (secondary N) is 1. The predicted molar refractivity (Wildman–Crippen MR) is 103 cm³/mol. The summed E-state index contributed by atoms with van der Waals surface area (Å²) in [6.07, 6.45) is -1.40. The number of anilines is 2. The number of fused-ring (bicyclic) bond motifs is 1. The fraction of sp³-hybridized carbons (Fsp3) is 0.300. The zero-order valence-corrected chi connectivity index (χ0v) is 15.6. The van der Waals surface area contributed by atoms with E-state index in [0.717, 1.165) is 23.6 Å². The first-order valence-corrected chi connectivity index (χ1v) is 8.81. The van der Waals surface area contributed by atoms with E-state index in [1.54, 1.807) is 12.3 Å². The molecule has 1 aromatic carbocycles. The van der Waals surface area contributed by atoms with E-state index in [-0.39, 0.29) is 11.3 Å². The number of nitrogens with two attached hydrogens (primary N) is 1. The third-order valence-electron chi connectivity index (χ3n) is 4.40. The first-order chi connectivity index (χ1) is 13.3. The highest BCUT2D eigenvalue weighted by molar-refractivity contribution is 5.97. The van der Waals surface area contributed by atoms with Gasteiger partial charge in [-0.25, -0.2) is 9.97 Å². The van der Waals surface area contributed by atoms with Crippen LogP contribution in [0, 0.1) is 6.92 Å². The molecule has 0 aliphatic heterocycles. The van der Waals surface area contributed by atoms with Gasteiger partial charge in [-0.05, 0) is 61.5 Å². The molecule has 28 heavy (non-hydrogen) atoms. The highest BCUT2D eigenvalue weighted by atomic mass is 19.4. The Hall–Kier alpha value is -2.87. The molecule has 0 bridgehead atoms. The number of ether oxygens (including phenoxy) is 1. The van der Waals surface area contributed by atoms with Crippen LogP contribution in [0.4, 0.5) is 24.7 Å². The topological polar surface area (TPSA) is 73.1 Å². The molecule has 148 valence electrons. The Labute approximate surface area is 160 Å². The van der Waals surface area contributed by atoms with Gasteiger partial charge >= 0.3 is 6.18 Å². The van der Waals surface area contributed by atoms with Crippen molar-refractivity contribution in [3.8, 4) is 5.88 Å². The Balaban J connectivity index is 2.11. The lowest BCUT2D eigenvalue weighted by Gasteiger charge is -2.16. The van der Waals surface area contributed by atoms with E-state index >= 15 is 0 Å². The lowest BCUT2D eigenvalue weighted by atomic mass is 10.1. The fourth-order valence-electron chi connectivity index (χ4n) is 3.02. The summed E-state index contributed by atoms with van der Waals surface area (Å²) < 4.78 is 45.1. The second kappa shape index (κ2) is 8.02. The number of methoxy groups -OCH3 is 1. The van der Waals surface area contributed by atoms with E-state index < -0.39 is 11.7 Å². The van der Waals surface area contributed by atoms with Crippen LogP contribution < -0.4 is 15.8 Å². The number of alkyl halides is 3. The average Bonchev–Trinajstić information content (AvgIpc) is 2.66. The van der Waals surface area contributed by atoms with Crippen molar-refractivity contribution in [2.45, 2.75) is 25.9 Å². The van der Waals surface area contributed by atoms with Crippen molar-refractivity contribution in [3.05, 3.63) is 53.3 Å². The smallest absolute Gasteiger partial charge is 0.416 e. The minimum atomic E-state index is -4.43. The predicted octanol–water partition coefficient (Wildman–Crippen LogP) is 4.60. The molecule has 0 radical (unpaired) electrons. The Bertz CT molecular complexity index is 989. The second-order valence-electron chi connectivity index (χ2n) is 6.43. The molecule has 3 N–H and O–H groups in total. The lowest BCUT2D eigenvalue weighted by Crippen LogP contribution is -2.08. The number of nitrogens with zero attached hydrogens (tertiary/aromatic N) is 2. The number of aromatic nitrogens is 2. The molecule has 0 fully saturated rings. The van der Waals surface area contributed by atoms with Gasteiger partial charge in [0, 0.05) is 17.6 Å². The van der Waals surface area contributed by atoms with Gasteiger partial charge in [0.15, 0.2) is 0 Å². The van der Waals surface area contributed by atoms with Gasteiger partial charge in [-0.2, -0.15) is 13.2 Å². The van der Waals surface area contributed by atoms with Gasteiger partial charge in [0.05, 0.1) is 18.1 Å². The number of halogens is 3. The van der Waals surface area contributed by atoms with Crippen LogP contribution in [-0.2, 0) is 12.6 Å². The van der Waals surface area contributed by atoms with E-state index in [2.05, 4.69) is 15.3 Å². The van der Waals surface area contributed by atoms with Gasteiger partial charge in [-0.1, -0.05) is 6.07 Å². The molecular formula is C20H21F3N4O. The van der Waals surface area contributed by atoms with Crippen LogP contribution in [0.15, 0.2) is 36.5 Å². The molecule has 3 rings (SSSR count). The van der Waals surface area contributed by atoms with Crippen molar-refractivity contribution in [2.75, 3.05) is 19.0 Å². The van der Waals surface area contributed by atoms with Crippen LogP contribution in [0.2, 0.25) is 0 Å². The third kappa shape index (κ3) is 4.17. The highest BCUT2D eigenvalue weighted by Crippen LogP contribution is 2.36. The number of hydrogen-bond donors (Lipinski definition) is 2. The molecule has 0 saturated carbocycles. The molecule has 0 aliphatic carbocycles. The molecule has 5 nitrogen and oxygen atoms in total. The molecule has 0 unspecified atom stereocenters. The van der Waals surface area contributed by atoms with E-state index in [0.29, 0.717) is 30.0 Å². The van der Waals surface area contributed by atoms with Gasteiger partial charge in [0.2, 0.25) is 5.88 Å². The first kappa shape index (κ1) is 19.9. The van der Waals surface area contributed by atoms with Gasteiger partial charge in [0.1, 0.15) is 5.82 Å². The number of aryl methyl sites for hydroxylation is 2. The molecule has 0 atom stereocenters. The number of benzene rings is 1. The zero-order valence-electron chi connectivity index (χ0n) is 15.6. The maximum atomic E-state index is 13.3. The Morgan fingerprint density at radius 1 is 1.18 bits per heavy atom. The van der Waals surface area contributed by atoms with Crippen molar-refractivity contribution in [3.63, 3.8) is 0 Å². The van der Waals surface area contributed by atoms with Crippen molar-refractivity contribution < 1.29 is 17.9 Å². The van der Waals surface area contributed by atoms with Crippen LogP contribution in [0.3, 0.4) is 0 Å². The van der Waals surface area contributed by atoms with Crippen molar-refractivity contribution in [1.29, 1.82) is 0 Å². The van der Waals surface area contributed by atoms with Crippen LogP contribution in [0.1, 0.15) is 23.2 Å². The Morgan fingerprint density at radius 3 is 2.64 bits per heavy atom. The maximum absolute atomic E-state index is 13.3. The van der Waals surface area contributed by atoms with Crippen LogP contribution in [0.5, 0.6) is 5.88 Å². The summed E-state index contributed by atoms with van der Waals surface area (Å²) in [5, 5.41) is 4.46. The van der Waals surface area contributed by atoms with Gasteiger partial charge in [-0.3, -0.25) is 0 Å². The van der Waals surface area contributed by atoms with Gasteiger partial charge in [-0.15, -0.1) is 0 Å². The summed E-state index contributed by atoms with van der Waals surface area (Å²) in [6, 6.07) is 7.83. The molecule has 2 aromatic heterocycles. The minimum absolute atomic E-state index is 0.159. The van der Waals surface area contributed by atoms with Crippen molar-refractivity contribution in [2.24, 2.45) is 5.73 Å². The monoisotopic (exact) mass is 390 g/mol. The number of rotatable bonds is 6. The van der Waals surface area contributed by atoms with Gasteiger partial charge in [0.25, 0.3) is 0 Å². The molecule has 0 aliphatic rings. The first-order valence-electron chi connectivity index (χ1n) is 8.81. The van der Waals surface area contributed by atoms with Crippen molar-refractivity contribution >= 4 is 22.3 Å². The van der Waals surface area contributed by atoms with Crippen LogP contribution >= 0.6 is 0 Å². The quantitative estimate of drug-likeness (QED) is 0.644. The molecule has 0 saturated heterocycles. The minimum Gasteiger partial charge on any atom is -0.480 e. The molecular weight excluding hydrogens is 369 g/mol. The standard InChI is InChI=1S/C20H21F3N4O/c1-12-5-6-15(11-16(12)20(21,22)23)27-18-17-13(7-9-25-19(17)28-2)10-14(26-18)4-3-8-24/h5-7,9-11H,3-4,8,24H2,1-2H3,(H,26,27). The third-order valence-corrected chi connectivity index (χ3v) is 4.40. The second-order valence-corrected chi connectivity index (χ2v) is 6.43. The summed E-state index contributed by atoms with van der Waals surface area (Å²) in [6.45, 7) is 1.95. The summed E-state index contributed by atoms with van der Waals surface area (Å²) >= 11 is 0. The van der Waals surface area contributed by atoms with Crippen LogP contribution in [-0.4, -0.2) is 23.6 Å². The van der Waals surface area contributed by atoms with Gasteiger partial charge < -0.3 is 15.8 Å². The van der Waals surface area contributed by atoms with Crippen LogP contribution in [0.25, 0.3) is 10.8 Å². The summed E-state index contributed by atoms with van der Waals surface area (Å²) in [5.74, 6) is 0.743. The molecule has 0 amide bonds. The molecule has 8 heteroatoms. The Morgan fingerprint density at radius 2 is 1.96 bits per heavy atom. The van der Waals surface area contributed by atoms with E-state index in [4.69, 9.17) is 10.5 Å². The molecule has 2 heterocycles. The fourth-order valence-corrected chi connectivity index (χ4v) is 3.02. The zero-order chi connectivity index (χ0) is 20.3. The van der Waals surface area contributed by atoms with E-state index in [1.165, 1.54) is 20.1 Å².